The number of carbonyl (C=O) groups excluding carboxylic acids is 1. The SMILES string of the molecule is O=C([O-])C1(C(=O)O)CCC1.c1ccc(-c2[nH]cc[nH+]2)cc1. The molecule has 6 heteroatoms. The van der Waals surface area contributed by atoms with Crippen LogP contribution in [0.3, 0.4) is 0 Å². The Morgan fingerprint density at radius 1 is 1.24 bits per heavy atom. The number of rotatable bonds is 3. The first-order valence-electron chi connectivity index (χ1n) is 6.61. The van der Waals surface area contributed by atoms with Gasteiger partial charge in [0.05, 0.1) is 11.5 Å². The van der Waals surface area contributed by atoms with E-state index >= 15 is 0 Å². The Bertz CT molecular complexity index is 588. The first kappa shape index (κ1) is 14.8. The number of hydrogen-bond donors (Lipinski definition) is 2. The largest absolute Gasteiger partial charge is 0.549 e. The normalized spacial score (nSPS) is 15.2. The number of carboxylic acid groups (broad SMARTS) is 2. The van der Waals surface area contributed by atoms with Crippen LogP contribution in [0.2, 0.25) is 0 Å². The van der Waals surface area contributed by atoms with E-state index in [1.807, 2.05) is 30.6 Å². The van der Waals surface area contributed by atoms with Crippen molar-refractivity contribution in [2.75, 3.05) is 0 Å². The summed E-state index contributed by atoms with van der Waals surface area (Å²) in [5.41, 5.74) is -0.377. The number of aromatic nitrogens is 2. The van der Waals surface area contributed by atoms with Gasteiger partial charge in [0, 0.05) is 0 Å². The van der Waals surface area contributed by atoms with Gasteiger partial charge in [-0.15, -0.1) is 0 Å². The molecule has 1 saturated carbocycles. The third-order valence-corrected chi connectivity index (χ3v) is 3.61. The lowest BCUT2D eigenvalue weighted by Gasteiger charge is -2.38. The van der Waals surface area contributed by atoms with Gasteiger partial charge in [0.15, 0.2) is 0 Å². The summed E-state index contributed by atoms with van der Waals surface area (Å²) in [7, 11) is 0. The molecule has 6 nitrogen and oxygen atoms in total. The smallest absolute Gasteiger partial charge is 0.315 e. The second-order valence-electron chi connectivity index (χ2n) is 4.89. The molecule has 0 aliphatic heterocycles. The lowest BCUT2D eigenvalue weighted by molar-refractivity contribution is -0.362. The second-order valence-corrected chi connectivity index (χ2v) is 4.89. The molecule has 0 saturated heterocycles. The van der Waals surface area contributed by atoms with E-state index in [1.54, 1.807) is 0 Å². The Hall–Kier alpha value is -2.63. The van der Waals surface area contributed by atoms with Crippen LogP contribution in [0.15, 0.2) is 42.7 Å². The van der Waals surface area contributed by atoms with Gasteiger partial charge in [0.25, 0.3) is 5.82 Å². The summed E-state index contributed by atoms with van der Waals surface area (Å²) < 4.78 is 0. The van der Waals surface area contributed by atoms with Crippen LogP contribution in [0, 0.1) is 5.41 Å². The molecule has 1 aliphatic carbocycles. The van der Waals surface area contributed by atoms with Crippen molar-refractivity contribution in [1.29, 1.82) is 0 Å². The molecule has 1 aliphatic rings. The van der Waals surface area contributed by atoms with E-state index in [1.165, 1.54) is 5.56 Å². The fourth-order valence-corrected chi connectivity index (χ4v) is 2.10. The van der Waals surface area contributed by atoms with Gasteiger partial charge in [-0.3, -0.25) is 4.79 Å². The summed E-state index contributed by atoms with van der Waals surface area (Å²) >= 11 is 0. The predicted molar refractivity (Wildman–Crippen MR) is 71.7 cm³/mol. The number of imidazole rings is 1. The average molecular weight is 288 g/mol. The Labute approximate surface area is 121 Å². The molecule has 1 aromatic carbocycles. The average Bonchev–Trinajstić information content (AvgIpc) is 2.92. The van der Waals surface area contributed by atoms with Crippen LogP contribution in [-0.4, -0.2) is 22.0 Å². The topological polar surface area (TPSA) is 107 Å². The zero-order chi connectivity index (χ0) is 15.3. The molecule has 0 radical (unpaired) electrons. The van der Waals surface area contributed by atoms with Crippen LogP contribution < -0.4 is 10.1 Å². The highest BCUT2D eigenvalue weighted by atomic mass is 16.4. The zero-order valence-electron chi connectivity index (χ0n) is 11.3. The van der Waals surface area contributed by atoms with Gasteiger partial charge in [-0.1, -0.05) is 24.6 Å². The molecule has 0 unspecified atom stereocenters. The quantitative estimate of drug-likeness (QED) is 0.801. The molecule has 21 heavy (non-hydrogen) atoms. The molecule has 3 N–H and O–H groups in total. The van der Waals surface area contributed by atoms with Crippen molar-refractivity contribution in [3.63, 3.8) is 0 Å². The van der Waals surface area contributed by atoms with E-state index in [0.29, 0.717) is 6.42 Å². The minimum absolute atomic E-state index is 0.213. The van der Waals surface area contributed by atoms with Crippen molar-refractivity contribution in [3.8, 4) is 11.4 Å². The highest BCUT2D eigenvalue weighted by Gasteiger charge is 2.45. The van der Waals surface area contributed by atoms with E-state index in [0.717, 1.165) is 5.82 Å². The number of nitrogens with one attached hydrogen (secondary N) is 2. The maximum atomic E-state index is 10.3. The number of aliphatic carboxylic acids is 2. The Balaban J connectivity index is 0.000000155. The Kier molecular flexibility index (Phi) is 4.37. The predicted octanol–water partition coefficient (Wildman–Crippen LogP) is 0.487. The van der Waals surface area contributed by atoms with Gasteiger partial charge in [-0.25, -0.2) is 9.97 Å². The molecule has 110 valence electrons. The number of hydrogen-bond acceptors (Lipinski definition) is 3. The highest BCUT2D eigenvalue weighted by Crippen LogP contribution is 2.40. The highest BCUT2D eigenvalue weighted by molar-refractivity contribution is 5.98. The summed E-state index contributed by atoms with van der Waals surface area (Å²) in [4.78, 5) is 26.8. The molecular formula is C15H16N2O4. The summed E-state index contributed by atoms with van der Waals surface area (Å²) in [5.74, 6) is -1.67. The molecule has 1 heterocycles. The third kappa shape index (κ3) is 3.10. The lowest BCUT2D eigenvalue weighted by atomic mass is 9.69. The van der Waals surface area contributed by atoms with Gasteiger partial charge in [0.1, 0.15) is 17.8 Å². The monoisotopic (exact) mass is 288 g/mol. The van der Waals surface area contributed by atoms with E-state index < -0.39 is 17.4 Å². The first-order chi connectivity index (χ1) is 10.1. The molecule has 3 rings (SSSR count). The van der Waals surface area contributed by atoms with Crippen molar-refractivity contribution < 1.29 is 24.8 Å². The number of benzene rings is 1. The fourth-order valence-electron chi connectivity index (χ4n) is 2.10. The van der Waals surface area contributed by atoms with Crippen LogP contribution in [0.1, 0.15) is 19.3 Å². The molecule has 2 aromatic rings. The number of H-pyrrole nitrogens is 2. The van der Waals surface area contributed by atoms with Gasteiger partial charge < -0.3 is 15.0 Å². The summed E-state index contributed by atoms with van der Waals surface area (Å²) in [6.45, 7) is 0. The van der Waals surface area contributed by atoms with Gasteiger partial charge in [0.2, 0.25) is 0 Å². The van der Waals surface area contributed by atoms with E-state index in [-0.39, 0.29) is 12.8 Å². The molecule has 0 spiro atoms. The van der Waals surface area contributed by atoms with E-state index in [2.05, 4.69) is 22.1 Å². The molecular weight excluding hydrogens is 272 g/mol. The number of aromatic amines is 2. The van der Waals surface area contributed by atoms with Gasteiger partial charge >= 0.3 is 5.97 Å². The molecule has 1 aromatic heterocycles. The van der Waals surface area contributed by atoms with Crippen LogP contribution >= 0.6 is 0 Å². The third-order valence-electron chi connectivity index (χ3n) is 3.61. The van der Waals surface area contributed by atoms with Gasteiger partial charge in [-0.2, -0.15) is 0 Å². The summed E-state index contributed by atoms with van der Waals surface area (Å²) in [6, 6.07) is 10.2. The molecule has 0 amide bonds. The molecule has 0 atom stereocenters. The number of carbonyl (C=O) groups is 2. The van der Waals surface area contributed by atoms with Crippen LogP contribution in [-0.2, 0) is 9.59 Å². The van der Waals surface area contributed by atoms with Crippen molar-refractivity contribution in [2.24, 2.45) is 5.41 Å². The fraction of sp³-hybridized carbons (Fsp3) is 0.267. The maximum Gasteiger partial charge on any atom is 0.315 e. The second kappa shape index (κ2) is 6.21. The van der Waals surface area contributed by atoms with Crippen molar-refractivity contribution >= 4 is 11.9 Å². The first-order valence-corrected chi connectivity index (χ1v) is 6.61. The Morgan fingerprint density at radius 2 is 1.90 bits per heavy atom. The minimum Gasteiger partial charge on any atom is -0.549 e. The van der Waals surface area contributed by atoms with Crippen LogP contribution in [0.25, 0.3) is 11.4 Å². The van der Waals surface area contributed by atoms with Crippen molar-refractivity contribution in [2.45, 2.75) is 19.3 Å². The van der Waals surface area contributed by atoms with Crippen molar-refractivity contribution in [3.05, 3.63) is 42.7 Å². The molecule has 0 bridgehead atoms. The maximum absolute atomic E-state index is 10.3. The van der Waals surface area contributed by atoms with Crippen LogP contribution in [0.4, 0.5) is 0 Å². The standard InChI is InChI=1S/C9H8N2.C6H8O4/c1-2-4-8(5-3-1)9-10-6-7-11-9;7-4(8)6(5(9)10)2-1-3-6/h1-7H,(H,10,11);1-3H2,(H,7,8)(H,9,10). The van der Waals surface area contributed by atoms with Crippen molar-refractivity contribution in [1.82, 2.24) is 4.98 Å². The summed E-state index contributed by atoms with van der Waals surface area (Å²) in [6.07, 6.45) is 4.85. The number of carboxylic acids is 2. The summed E-state index contributed by atoms with van der Waals surface area (Å²) in [5, 5.41) is 18.7. The Morgan fingerprint density at radius 3 is 2.24 bits per heavy atom. The van der Waals surface area contributed by atoms with E-state index in [4.69, 9.17) is 5.11 Å². The minimum atomic E-state index is -1.56. The lowest BCUT2D eigenvalue weighted by Crippen LogP contribution is -2.52. The van der Waals surface area contributed by atoms with E-state index in [9.17, 15) is 14.7 Å². The van der Waals surface area contributed by atoms with Gasteiger partial charge in [-0.05, 0) is 25.0 Å². The van der Waals surface area contributed by atoms with Crippen LogP contribution in [0.5, 0.6) is 0 Å². The zero-order valence-corrected chi connectivity index (χ0v) is 11.3. The molecule has 1 fully saturated rings.